The molecule has 1 N–H and O–H groups in total. The van der Waals surface area contributed by atoms with Gasteiger partial charge in [0, 0.05) is 23.1 Å². The number of nitrogens with zero attached hydrogens (tertiary/aromatic N) is 1. The summed E-state index contributed by atoms with van der Waals surface area (Å²) in [7, 11) is -2.49. The molecule has 2 aromatic rings. The smallest absolute Gasteiger partial charge is 0.246 e. The standard InChI is InChI=1S/C19H19Cl3N2O4S/c1-28-17-7-5-14(21)10-18(17)29(26,27)24-8-2-3-12(11-24)19(25)23-16-9-13(20)4-6-15(16)22/h4-7,9-10,12H,2-3,8,11H2,1H3,(H,23,25)/t12-/m0/s1. The number of carbonyl (C=O) groups is 1. The molecule has 1 saturated heterocycles. The van der Waals surface area contributed by atoms with E-state index in [1.165, 1.54) is 23.5 Å². The van der Waals surface area contributed by atoms with E-state index in [0.717, 1.165) is 0 Å². The van der Waals surface area contributed by atoms with Crippen LogP contribution in [-0.2, 0) is 14.8 Å². The minimum Gasteiger partial charge on any atom is -0.495 e. The van der Waals surface area contributed by atoms with Gasteiger partial charge < -0.3 is 10.1 Å². The van der Waals surface area contributed by atoms with Gasteiger partial charge in [-0.15, -0.1) is 0 Å². The Labute approximate surface area is 184 Å². The van der Waals surface area contributed by atoms with E-state index in [1.807, 2.05) is 0 Å². The number of amides is 1. The Morgan fingerprint density at radius 1 is 1.14 bits per heavy atom. The van der Waals surface area contributed by atoms with Crippen molar-refractivity contribution in [3.05, 3.63) is 51.5 Å². The molecule has 0 aliphatic carbocycles. The van der Waals surface area contributed by atoms with Crippen LogP contribution in [0.2, 0.25) is 15.1 Å². The second kappa shape index (κ2) is 9.10. The highest BCUT2D eigenvalue weighted by molar-refractivity contribution is 7.89. The SMILES string of the molecule is COc1ccc(Cl)cc1S(=O)(=O)N1CCC[C@H](C(=O)Nc2cc(Cl)ccc2Cl)C1. The molecule has 156 valence electrons. The normalized spacial score (nSPS) is 17.7. The molecule has 1 heterocycles. The molecule has 0 saturated carbocycles. The van der Waals surface area contributed by atoms with Crippen LogP contribution in [0.15, 0.2) is 41.3 Å². The Bertz CT molecular complexity index is 1030. The number of hydrogen-bond acceptors (Lipinski definition) is 4. The van der Waals surface area contributed by atoms with Crippen LogP contribution in [0.4, 0.5) is 5.69 Å². The van der Waals surface area contributed by atoms with Crippen LogP contribution >= 0.6 is 34.8 Å². The first-order valence-electron chi connectivity index (χ1n) is 8.82. The maximum Gasteiger partial charge on any atom is 0.246 e. The molecule has 2 aromatic carbocycles. The van der Waals surface area contributed by atoms with E-state index < -0.39 is 15.9 Å². The van der Waals surface area contributed by atoms with Crippen molar-refractivity contribution in [2.24, 2.45) is 5.92 Å². The largest absolute Gasteiger partial charge is 0.495 e. The molecule has 3 rings (SSSR count). The van der Waals surface area contributed by atoms with Crippen molar-refractivity contribution < 1.29 is 17.9 Å². The Morgan fingerprint density at radius 2 is 1.83 bits per heavy atom. The number of benzene rings is 2. The summed E-state index contributed by atoms with van der Waals surface area (Å²) in [5.74, 6) is -0.641. The topological polar surface area (TPSA) is 75.7 Å². The van der Waals surface area contributed by atoms with Gasteiger partial charge in [-0.05, 0) is 49.2 Å². The Kier molecular flexibility index (Phi) is 6.96. The minimum atomic E-state index is -3.88. The van der Waals surface area contributed by atoms with Crippen LogP contribution in [0.5, 0.6) is 5.75 Å². The van der Waals surface area contributed by atoms with E-state index >= 15 is 0 Å². The molecule has 10 heteroatoms. The van der Waals surface area contributed by atoms with Gasteiger partial charge in [0.2, 0.25) is 15.9 Å². The lowest BCUT2D eigenvalue weighted by Crippen LogP contribution is -2.43. The molecule has 1 atom stereocenters. The van der Waals surface area contributed by atoms with E-state index in [4.69, 9.17) is 39.5 Å². The summed E-state index contributed by atoms with van der Waals surface area (Å²) >= 11 is 18.1. The quantitative estimate of drug-likeness (QED) is 0.677. The summed E-state index contributed by atoms with van der Waals surface area (Å²) in [6, 6.07) is 9.17. The molecule has 0 spiro atoms. The third kappa shape index (κ3) is 4.98. The van der Waals surface area contributed by atoms with E-state index in [-0.39, 0.29) is 28.1 Å². The zero-order chi connectivity index (χ0) is 21.2. The molecular weight excluding hydrogens is 459 g/mol. The van der Waals surface area contributed by atoms with E-state index in [2.05, 4.69) is 5.32 Å². The second-order valence-corrected chi connectivity index (χ2v) is 9.80. The highest BCUT2D eigenvalue weighted by Crippen LogP contribution is 2.32. The molecule has 0 aromatic heterocycles. The van der Waals surface area contributed by atoms with Crippen LogP contribution in [0.25, 0.3) is 0 Å². The molecule has 6 nitrogen and oxygen atoms in total. The van der Waals surface area contributed by atoms with Crippen LogP contribution in [0.1, 0.15) is 12.8 Å². The third-order valence-electron chi connectivity index (χ3n) is 4.68. The molecule has 0 radical (unpaired) electrons. The summed E-state index contributed by atoms with van der Waals surface area (Å²) in [5, 5.41) is 3.81. The second-order valence-electron chi connectivity index (χ2n) is 6.61. The Balaban J connectivity index is 1.80. The lowest BCUT2D eigenvalue weighted by molar-refractivity contribution is -0.120. The number of piperidine rings is 1. The minimum absolute atomic E-state index is 0.0218. The first kappa shape index (κ1) is 22.2. The molecule has 0 bridgehead atoms. The number of nitrogens with one attached hydrogen (secondary N) is 1. The third-order valence-corrected chi connectivity index (χ3v) is 7.37. The van der Waals surface area contributed by atoms with Gasteiger partial charge in [-0.25, -0.2) is 8.42 Å². The van der Waals surface area contributed by atoms with Gasteiger partial charge in [0.15, 0.2) is 0 Å². The van der Waals surface area contributed by atoms with Crippen molar-refractivity contribution >= 4 is 56.4 Å². The summed E-state index contributed by atoms with van der Waals surface area (Å²) in [5.41, 5.74) is 0.389. The summed E-state index contributed by atoms with van der Waals surface area (Å²) < 4.78 is 32.8. The molecular formula is C19H19Cl3N2O4S. The lowest BCUT2D eigenvalue weighted by Gasteiger charge is -2.31. The summed E-state index contributed by atoms with van der Waals surface area (Å²) in [6.45, 7) is 0.349. The number of hydrogen-bond donors (Lipinski definition) is 1. The number of anilines is 1. The Morgan fingerprint density at radius 3 is 2.55 bits per heavy atom. The molecule has 0 unspecified atom stereocenters. The van der Waals surface area contributed by atoms with Gasteiger partial charge in [0.05, 0.1) is 23.7 Å². The highest BCUT2D eigenvalue weighted by atomic mass is 35.5. The van der Waals surface area contributed by atoms with Gasteiger partial charge in [-0.3, -0.25) is 4.79 Å². The summed E-state index contributed by atoms with van der Waals surface area (Å²) in [4.78, 5) is 12.7. The summed E-state index contributed by atoms with van der Waals surface area (Å²) in [6.07, 6.45) is 1.10. The van der Waals surface area contributed by atoms with Crippen LogP contribution in [0.3, 0.4) is 0 Å². The van der Waals surface area contributed by atoms with Crippen molar-refractivity contribution in [2.45, 2.75) is 17.7 Å². The van der Waals surface area contributed by atoms with E-state index in [1.54, 1.807) is 24.3 Å². The van der Waals surface area contributed by atoms with Crippen molar-refractivity contribution in [3.8, 4) is 5.75 Å². The van der Waals surface area contributed by atoms with Gasteiger partial charge in [-0.2, -0.15) is 4.31 Å². The van der Waals surface area contributed by atoms with Gasteiger partial charge in [0.25, 0.3) is 0 Å². The first-order valence-corrected chi connectivity index (χ1v) is 11.4. The fourth-order valence-electron chi connectivity index (χ4n) is 3.19. The molecule has 1 aliphatic heterocycles. The number of rotatable bonds is 5. The monoisotopic (exact) mass is 476 g/mol. The number of halogens is 3. The zero-order valence-electron chi connectivity index (χ0n) is 15.5. The van der Waals surface area contributed by atoms with Crippen molar-refractivity contribution in [1.29, 1.82) is 0 Å². The molecule has 29 heavy (non-hydrogen) atoms. The van der Waals surface area contributed by atoms with E-state index in [9.17, 15) is 13.2 Å². The number of sulfonamides is 1. The molecule has 1 fully saturated rings. The number of carbonyl (C=O) groups excluding carboxylic acids is 1. The van der Waals surface area contributed by atoms with E-state index in [0.29, 0.717) is 35.1 Å². The van der Waals surface area contributed by atoms with Crippen LogP contribution in [-0.4, -0.2) is 38.8 Å². The van der Waals surface area contributed by atoms with Gasteiger partial charge in [-0.1, -0.05) is 34.8 Å². The van der Waals surface area contributed by atoms with Crippen LogP contribution in [0, 0.1) is 5.92 Å². The van der Waals surface area contributed by atoms with Crippen molar-refractivity contribution in [2.75, 3.05) is 25.5 Å². The number of ether oxygens (including phenoxy) is 1. The van der Waals surface area contributed by atoms with Crippen LogP contribution < -0.4 is 10.1 Å². The molecule has 1 amide bonds. The lowest BCUT2D eigenvalue weighted by atomic mass is 9.99. The fraction of sp³-hybridized carbons (Fsp3) is 0.316. The molecule has 1 aliphatic rings. The van der Waals surface area contributed by atoms with Crippen molar-refractivity contribution in [1.82, 2.24) is 4.31 Å². The predicted molar refractivity (Wildman–Crippen MR) is 115 cm³/mol. The predicted octanol–water partition coefficient (Wildman–Crippen LogP) is 4.69. The average Bonchev–Trinajstić information content (AvgIpc) is 2.70. The van der Waals surface area contributed by atoms with Gasteiger partial charge in [0.1, 0.15) is 10.6 Å². The highest BCUT2D eigenvalue weighted by Gasteiger charge is 2.35. The average molecular weight is 478 g/mol. The fourth-order valence-corrected chi connectivity index (χ4v) is 5.47. The maximum atomic E-state index is 13.2. The first-order chi connectivity index (χ1) is 13.7. The van der Waals surface area contributed by atoms with Crippen molar-refractivity contribution in [3.63, 3.8) is 0 Å². The van der Waals surface area contributed by atoms with Gasteiger partial charge >= 0.3 is 0 Å². The number of methoxy groups -OCH3 is 1. The Hall–Kier alpha value is -1.51. The maximum absolute atomic E-state index is 13.2. The zero-order valence-corrected chi connectivity index (χ0v) is 18.6.